The van der Waals surface area contributed by atoms with Crippen LogP contribution in [-0.2, 0) is 37.9 Å². The van der Waals surface area contributed by atoms with Crippen molar-refractivity contribution in [1.82, 2.24) is 0 Å². The Labute approximate surface area is 353 Å². The van der Waals surface area contributed by atoms with Gasteiger partial charge in [0.1, 0.15) is 61.0 Å². The second kappa shape index (κ2) is 16.7. The van der Waals surface area contributed by atoms with Crippen LogP contribution in [-0.4, -0.2) is 165 Å². The molecule has 0 bridgehead atoms. The number of aliphatic hydroxyl groups is 8. The summed E-state index contributed by atoms with van der Waals surface area (Å²) in [6.07, 6.45) is -10.1. The van der Waals surface area contributed by atoms with Gasteiger partial charge in [-0.15, -0.1) is 0 Å². The summed E-state index contributed by atoms with van der Waals surface area (Å²) in [5, 5.41) is 85.2. The molecular weight excluding hydrogens is 784 g/mol. The number of aliphatic hydroxyl groups excluding tert-OH is 8. The van der Waals surface area contributed by atoms with Gasteiger partial charge in [0.25, 0.3) is 0 Å². The van der Waals surface area contributed by atoms with Gasteiger partial charge in [0.2, 0.25) is 0 Å². The standard InChI is InChI=1S/C44H72O16/c1-19-8-13-44(54-17-19)20(2)30-28(60-44)15-26-24-7-6-22-14-23(9-11-42(22,4)25(24)10-12-43(26,30)5)56-41-38(59-40-36(52)34(50)31(47)21(3)55-40)37(33(49)29(16-45)57-41)58-39-35(51)32(48)27(46)18-53-39/h19-41,45-52H,6-18H2,1-5H3/t19-,20+,21+,22+,23+,24-,25+,26+,27+,28+,29-,30+,31+,32+,33+,34-,35-,36-,37+,38-,39+,40+,41-,42+,43+,44-/m1/s1. The fourth-order valence-corrected chi connectivity index (χ4v) is 14.3. The summed E-state index contributed by atoms with van der Waals surface area (Å²) in [5.41, 5.74) is 0.340. The molecule has 60 heavy (non-hydrogen) atoms. The molecule has 0 aromatic rings. The van der Waals surface area contributed by atoms with Crippen LogP contribution in [0, 0.1) is 52.3 Å². The molecule has 0 aromatic heterocycles. The maximum Gasteiger partial charge on any atom is 0.187 e. The summed E-state index contributed by atoms with van der Waals surface area (Å²) in [5.74, 6) is 3.25. The van der Waals surface area contributed by atoms with Crippen LogP contribution >= 0.6 is 0 Å². The summed E-state index contributed by atoms with van der Waals surface area (Å²) >= 11 is 0. The lowest BCUT2D eigenvalue weighted by Gasteiger charge is -2.61. The Bertz CT molecular complexity index is 1500. The van der Waals surface area contributed by atoms with Gasteiger partial charge in [-0.25, -0.2) is 0 Å². The molecule has 16 nitrogen and oxygen atoms in total. The van der Waals surface area contributed by atoms with E-state index in [-0.39, 0.29) is 29.6 Å². The minimum Gasteiger partial charge on any atom is -0.394 e. The van der Waals surface area contributed by atoms with Crippen LogP contribution in [0.5, 0.6) is 0 Å². The molecule has 0 radical (unpaired) electrons. The van der Waals surface area contributed by atoms with E-state index in [9.17, 15) is 40.9 Å². The lowest BCUT2D eigenvalue weighted by Crippen LogP contribution is -2.66. The molecule has 0 amide bonds. The molecule has 16 heteroatoms. The van der Waals surface area contributed by atoms with Crippen molar-refractivity contribution in [2.24, 2.45) is 52.3 Å². The smallest absolute Gasteiger partial charge is 0.187 e. The highest BCUT2D eigenvalue weighted by Gasteiger charge is 2.69. The Hall–Kier alpha value is -0.640. The molecule has 344 valence electrons. The first-order valence-electron chi connectivity index (χ1n) is 23.1. The van der Waals surface area contributed by atoms with Crippen LogP contribution in [0.4, 0.5) is 0 Å². The fourth-order valence-electron chi connectivity index (χ4n) is 14.3. The molecule has 9 aliphatic rings. The quantitative estimate of drug-likeness (QED) is 0.166. The number of hydrogen-bond acceptors (Lipinski definition) is 16. The molecule has 26 atom stereocenters. The van der Waals surface area contributed by atoms with Crippen molar-refractivity contribution < 1.29 is 78.7 Å². The van der Waals surface area contributed by atoms with Crippen LogP contribution in [0.1, 0.15) is 98.8 Å². The van der Waals surface area contributed by atoms with Gasteiger partial charge in [0, 0.05) is 12.3 Å². The zero-order chi connectivity index (χ0) is 42.6. The fraction of sp³-hybridized carbons (Fsp3) is 1.00. The molecule has 8 N–H and O–H groups in total. The van der Waals surface area contributed by atoms with Crippen LogP contribution in [0.15, 0.2) is 0 Å². The number of fused-ring (bicyclic) bond motifs is 7. The zero-order valence-corrected chi connectivity index (χ0v) is 35.8. The average molecular weight is 857 g/mol. The predicted octanol–water partition coefficient (Wildman–Crippen LogP) is 0.933. The lowest BCUT2D eigenvalue weighted by molar-refractivity contribution is -0.391. The monoisotopic (exact) mass is 856 g/mol. The van der Waals surface area contributed by atoms with Gasteiger partial charge >= 0.3 is 0 Å². The van der Waals surface area contributed by atoms with E-state index in [1.54, 1.807) is 0 Å². The molecule has 0 aromatic carbocycles. The van der Waals surface area contributed by atoms with E-state index in [1.807, 2.05) is 0 Å². The van der Waals surface area contributed by atoms with E-state index in [0.717, 1.165) is 58.0 Å². The Kier molecular flexibility index (Phi) is 12.4. The van der Waals surface area contributed by atoms with Crippen molar-refractivity contribution in [3.63, 3.8) is 0 Å². The van der Waals surface area contributed by atoms with Crippen LogP contribution < -0.4 is 0 Å². The van der Waals surface area contributed by atoms with Gasteiger partial charge in [-0.1, -0.05) is 27.7 Å². The van der Waals surface area contributed by atoms with E-state index < -0.39 is 98.4 Å². The highest BCUT2D eigenvalue weighted by atomic mass is 16.8. The molecule has 5 heterocycles. The molecule has 9 fully saturated rings. The van der Waals surface area contributed by atoms with E-state index in [1.165, 1.54) is 19.8 Å². The Balaban J connectivity index is 0.913. The molecule has 4 aliphatic carbocycles. The number of rotatable bonds is 7. The van der Waals surface area contributed by atoms with Crippen molar-refractivity contribution in [2.75, 3.05) is 19.8 Å². The zero-order valence-electron chi connectivity index (χ0n) is 35.8. The van der Waals surface area contributed by atoms with E-state index in [2.05, 4.69) is 27.7 Å². The van der Waals surface area contributed by atoms with Gasteiger partial charge in [0.15, 0.2) is 24.7 Å². The van der Waals surface area contributed by atoms with Crippen molar-refractivity contribution >= 4 is 0 Å². The van der Waals surface area contributed by atoms with Crippen LogP contribution in [0.25, 0.3) is 0 Å². The van der Waals surface area contributed by atoms with Crippen molar-refractivity contribution in [1.29, 1.82) is 0 Å². The van der Waals surface area contributed by atoms with Gasteiger partial charge in [-0.2, -0.15) is 0 Å². The van der Waals surface area contributed by atoms with Crippen molar-refractivity contribution in [2.45, 2.75) is 203 Å². The summed E-state index contributed by atoms with van der Waals surface area (Å²) in [6.45, 7) is 11.0. The maximum atomic E-state index is 11.5. The minimum atomic E-state index is -1.71. The van der Waals surface area contributed by atoms with E-state index in [4.69, 9.17) is 37.9 Å². The van der Waals surface area contributed by atoms with E-state index in [0.29, 0.717) is 41.4 Å². The van der Waals surface area contributed by atoms with Crippen molar-refractivity contribution in [3.8, 4) is 0 Å². The van der Waals surface area contributed by atoms with Crippen LogP contribution in [0.2, 0.25) is 0 Å². The Morgan fingerprint density at radius 3 is 2.10 bits per heavy atom. The SMILES string of the molecule is C[C@@H]1CC[C@@]2(OC1)O[C@H]1C[C@H]3[C@@H]4CC[C@H]5C[C@@H](O[C@@H]6O[C@H](CO)[C@H](O)[C@H](O[C@@H]7OC[C@H](O)[C@H](O)[C@H]7O)[C@H]6O[C@@H]6O[C@@H](C)[C@H](O)[C@@H](O)[C@H]6O)CC[C@]5(C)[C@H]4CC[C@]3(C)[C@H]1[C@@H]2C. The van der Waals surface area contributed by atoms with Crippen LogP contribution in [0.3, 0.4) is 0 Å². The largest absolute Gasteiger partial charge is 0.394 e. The molecule has 5 saturated heterocycles. The highest BCUT2D eigenvalue weighted by Crippen LogP contribution is 2.71. The molecular formula is C44H72O16. The van der Waals surface area contributed by atoms with Gasteiger partial charge in [0.05, 0.1) is 38.1 Å². The van der Waals surface area contributed by atoms with E-state index >= 15 is 0 Å². The topological polar surface area (TPSA) is 236 Å². The maximum absolute atomic E-state index is 11.5. The lowest BCUT2D eigenvalue weighted by atomic mass is 9.44. The first-order chi connectivity index (χ1) is 28.5. The first kappa shape index (κ1) is 44.6. The van der Waals surface area contributed by atoms with Crippen molar-refractivity contribution in [3.05, 3.63) is 0 Å². The second-order valence-corrected chi connectivity index (χ2v) is 21.1. The molecule has 9 rings (SSSR count). The molecule has 4 saturated carbocycles. The summed E-state index contributed by atoms with van der Waals surface area (Å²) in [6, 6.07) is 0. The molecule has 0 unspecified atom stereocenters. The molecule has 5 aliphatic heterocycles. The average Bonchev–Trinajstić information content (AvgIpc) is 3.68. The number of hydrogen-bond donors (Lipinski definition) is 8. The van der Waals surface area contributed by atoms with Gasteiger partial charge in [-0.05, 0) is 111 Å². The summed E-state index contributed by atoms with van der Waals surface area (Å²) in [4.78, 5) is 0. The Morgan fingerprint density at radius 2 is 1.37 bits per heavy atom. The third-order valence-electron chi connectivity index (χ3n) is 17.9. The Morgan fingerprint density at radius 1 is 0.633 bits per heavy atom. The second-order valence-electron chi connectivity index (χ2n) is 21.1. The highest BCUT2D eigenvalue weighted by molar-refractivity contribution is 5.15. The minimum absolute atomic E-state index is 0.115. The number of ether oxygens (including phenoxy) is 8. The summed E-state index contributed by atoms with van der Waals surface area (Å²) in [7, 11) is 0. The third kappa shape index (κ3) is 7.27. The normalized spacial score (nSPS) is 59.2. The van der Waals surface area contributed by atoms with Gasteiger partial charge in [-0.3, -0.25) is 0 Å². The first-order valence-corrected chi connectivity index (χ1v) is 23.1. The van der Waals surface area contributed by atoms with Gasteiger partial charge < -0.3 is 78.7 Å². The molecule has 1 spiro atoms. The predicted molar refractivity (Wildman–Crippen MR) is 208 cm³/mol. The third-order valence-corrected chi connectivity index (χ3v) is 17.9. The summed E-state index contributed by atoms with van der Waals surface area (Å²) < 4.78 is 50.3.